The molecule has 0 aromatic heterocycles. The van der Waals surface area contributed by atoms with Gasteiger partial charge < -0.3 is 14.4 Å². The van der Waals surface area contributed by atoms with Crippen LogP contribution < -0.4 is 14.4 Å². The normalized spacial score (nSPS) is 16.9. The van der Waals surface area contributed by atoms with Crippen LogP contribution >= 0.6 is 15.9 Å². The van der Waals surface area contributed by atoms with E-state index < -0.39 is 10.0 Å². The van der Waals surface area contributed by atoms with Gasteiger partial charge in [-0.05, 0) is 18.2 Å². The van der Waals surface area contributed by atoms with Crippen LogP contribution in [0.2, 0.25) is 0 Å². The van der Waals surface area contributed by atoms with Crippen LogP contribution in [0.4, 0.5) is 0 Å². The van der Waals surface area contributed by atoms with Crippen LogP contribution in [0.1, 0.15) is 0 Å². The summed E-state index contributed by atoms with van der Waals surface area (Å²) < 4.78 is 38.5. The molecule has 6 nitrogen and oxygen atoms in total. The molecule has 1 aliphatic heterocycles. The number of halogens is 1. The minimum Gasteiger partial charge on any atom is -0.495 e. The summed E-state index contributed by atoms with van der Waals surface area (Å²) in [5.41, 5.74) is 0. The van der Waals surface area contributed by atoms with Crippen LogP contribution in [0.15, 0.2) is 27.6 Å². The maximum absolute atomic E-state index is 12.4. The molecule has 0 aliphatic carbocycles. The zero-order valence-corrected chi connectivity index (χ0v) is 14.3. The molecule has 1 fully saturated rings. The fourth-order valence-corrected chi connectivity index (χ4v) is 3.95. The van der Waals surface area contributed by atoms with Gasteiger partial charge in [0.2, 0.25) is 10.0 Å². The Morgan fingerprint density at radius 2 is 2.10 bits per heavy atom. The molecule has 118 valence electrons. The number of hydrogen-bond acceptors (Lipinski definition) is 4. The van der Waals surface area contributed by atoms with Crippen LogP contribution in [0.25, 0.3) is 0 Å². The number of benzene rings is 1. The smallest absolute Gasteiger partial charge is 0.244 e. The predicted molar refractivity (Wildman–Crippen MR) is 82.3 cm³/mol. The third-order valence-corrected chi connectivity index (χ3v) is 5.36. The van der Waals surface area contributed by atoms with Crippen LogP contribution in [-0.2, 0) is 14.8 Å². The second-order valence-electron chi connectivity index (χ2n) is 4.81. The number of nitrogens with one attached hydrogen (secondary N) is 2. The fraction of sp³-hybridized carbons (Fsp3) is 0.538. The Bertz CT molecular complexity index is 574. The van der Waals surface area contributed by atoms with E-state index in [4.69, 9.17) is 9.47 Å². The van der Waals surface area contributed by atoms with E-state index >= 15 is 0 Å². The van der Waals surface area contributed by atoms with Crippen molar-refractivity contribution < 1.29 is 22.8 Å². The second kappa shape index (κ2) is 7.55. The van der Waals surface area contributed by atoms with E-state index in [0.717, 1.165) is 32.8 Å². The number of quaternary nitrogens is 1. The molecule has 0 saturated carbocycles. The van der Waals surface area contributed by atoms with Crippen LogP contribution in [0.3, 0.4) is 0 Å². The quantitative estimate of drug-likeness (QED) is 0.708. The van der Waals surface area contributed by atoms with E-state index in [9.17, 15) is 8.42 Å². The zero-order valence-electron chi connectivity index (χ0n) is 11.9. The number of methoxy groups -OCH3 is 1. The number of morpholine rings is 1. The lowest BCUT2D eigenvalue weighted by Gasteiger charge is -2.23. The monoisotopic (exact) mass is 379 g/mol. The molecule has 1 aliphatic rings. The molecule has 1 saturated heterocycles. The van der Waals surface area contributed by atoms with E-state index in [1.807, 2.05) is 0 Å². The Labute approximate surface area is 133 Å². The minimum atomic E-state index is -3.58. The molecule has 1 heterocycles. The van der Waals surface area contributed by atoms with E-state index in [1.54, 1.807) is 18.2 Å². The Kier molecular flexibility index (Phi) is 6.00. The summed E-state index contributed by atoms with van der Waals surface area (Å²) in [5.74, 6) is 0.337. The second-order valence-corrected chi connectivity index (χ2v) is 7.46. The zero-order chi connectivity index (χ0) is 15.3. The summed E-state index contributed by atoms with van der Waals surface area (Å²) in [7, 11) is -2.12. The van der Waals surface area contributed by atoms with Crippen LogP contribution in [0.5, 0.6) is 5.75 Å². The first kappa shape index (κ1) is 16.7. The van der Waals surface area contributed by atoms with Gasteiger partial charge in [0.15, 0.2) is 0 Å². The summed E-state index contributed by atoms with van der Waals surface area (Å²) in [6.45, 7) is 4.46. The highest BCUT2D eigenvalue weighted by molar-refractivity contribution is 9.10. The Morgan fingerprint density at radius 3 is 2.76 bits per heavy atom. The van der Waals surface area contributed by atoms with Gasteiger partial charge in [0.1, 0.15) is 23.7 Å². The van der Waals surface area contributed by atoms with Crippen molar-refractivity contribution in [3.8, 4) is 5.75 Å². The van der Waals surface area contributed by atoms with Crippen LogP contribution in [0, 0.1) is 0 Å². The molecule has 1 aromatic carbocycles. The molecule has 0 radical (unpaired) electrons. The van der Waals surface area contributed by atoms with Gasteiger partial charge in [0.05, 0.1) is 33.4 Å². The van der Waals surface area contributed by atoms with Crippen molar-refractivity contribution in [1.82, 2.24) is 4.72 Å². The van der Waals surface area contributed by atoms with Gasteiger partial charge in [-0.15, -0.1) is 0 Å². The number of sulfonamides is 1. The van der Waals surface area contributed by atoms with E-state index in [0.29, 0.717) is 16.8 Å². The van der Waals surface area contributed by atoms with Gasteiger partial charge in [-0.25, -0.2) is 13.1 Å². The number of hydrogen-bond donors (Lipinski definition) is 2. The largest absolute Gasteiger partial charge is 0.495 e. The molecule has 2 N–H and O–H groups in total. The lowest BCUT2D eigenvalue weighted by molar-refractivity contribution is -0.906. The number of ether oxygens (including phenoxy) is 2. The van der Waals surface area contributed by atoms with Crippen molar-refractivity contribution in [2.45, 2.75) is 4.90 Å². The maximum atomic E-state index is 12.4. The standard InChI is InChI=1S/C13H19BrN2O4S/c1-19-12-3-2-11(14)10-13(12)21(17,18)15-4-5-16-6-8-20-9-7-16/h2-3,10,15H,4-9H2,1H3/p+1. The molecule has 0 amide bonds. The Balaban J connectivity index is 1.99. The van der Waals surface area contributed by atoms with E-state index in [1.165, 1.54) is 12.0 Å². The highest BCUT2D eigenvalue weighted by Gasteiger charge is 2.21. The van der Waals surface area contributed by atoms with Gasteiger partial charge in [-0.1, -0.05) is 15.9 Å². The van der Waals surface area contributed by atoms with Gasteiger partial charge in [-0.3, -0.25) is 0 Å². The van der Waals surface area contributed by atoms with Crippen molar-refractivity contribution in [2.75, 3.05) is 46.5 Å². The SMILES string of the molecule is COc1ccc(Br)cc1S(=O)(=O)NCC[NH+]1CCOCC1. The third-order valence-electron chi connectivity index (χ3n) is 3.39. The van der Waals surface area contributed by atoms with Crippen molar-refractivity contribution in [3.63, 3.8) is 0 Å². The van der Waals surface area contributed by atoms with Gasteiger partial charge in [-0.2, -0.15) is 0 Å². The average molecular weight is 380 g/mol. The lowest BCUT2D eigenvalue weighted by atomic mass is 10.3. The van der Waals surface area contributed by atoms with Gasteiger partial charge in [0, 0.05) is 4.47 Å². The average Bonchev–Trinajstić information content (AvgIpc) is 2.48. The van der Waals surface area contributed by atoms with Gasteiger partial charge in [0.25, 0.3) is 0 Å². The van der Waals surface area contributed by atoms with Gasteiger partial charge >= 0.3 is 0 Å². The molecule has 2 rings (SSSR count). The lowest BCUT2D eigenvalue weighted by Crippen LogP contribution is -3.14. The third kappa shape index (κ3) is 4.65. The molecular formula is C13H20BrN2O4S+. The maximum Gasteiger partial charge on any atom is 0.244 e. The summed E-state index contributed by atoms with van der Waals surface area (Å²) in [4.78, 5) is 1.50. The summed E-state index contributed by atoms with van der Waals surface area (Å²) >= 11 is 3.28. The van der Waals surface area contributed by atoms with Crippen molar-refractivity contribution in [2.24, 2.45) is 0 Å². The Hall–Kier alpha value is -0.670. The molecule has 0 bridgehead atoms. The summed E-state index contributed by atoms with van der Waals surface area (Å²) in [6, 6.07) is 4.92. The van der Waals surface area contributed by atoms with Crippen molar-refractivity contribution >= 4 is 26.0 Å². The first-order valence-corrected chi connectivity index (χ1v) is 9.05. The first-order valence-electron chi connectivity index (χ1n) is 6.77. The molecule has 0 atom stereocenters. The molecule has 21 heavy (non-hydrogen) atoms. The van der Waals surface area contributed by atoms with Crippen LogP contribution in [-0.4, -0.2) is 54.9 Å². The highest BCUT2D eigenvalue weighted by atomic mass is 79.9. The molecular weight excluding hydrogens is 360 g/mol. The number of rotatable bonds is 6. The molecule has 0 unspecified atom stereocenters. The molecule has 0 spiro atoms. The highest BCUT2D eigenvalue weighted by Crippen LogP contribution is 2.26. The fourth-order valence-electron chi connectivity index (χ4n) is 2.21. The molecule has 8 heteroatoms. The first-order chi connectivity index (χ1) is 10.0. The van der Waals surface area contributed by atoms with Crippen molar-refractivity contribution in [1.29, 1.82) is 0 Å². The van der Waals surface area contributed by atoms with E-state index in [2.05, 4.69) is 20.7 Å². The summed E-state index contributed by atoms with van der Waals surface area (Å²) in [5, 5.41) is 0. The minimum absolute atomic E-state index is 0.149. The summed E-state index contributed by atoms with van der Waals surface area (Å²) in [6.07, 6.45) is 0. The van der Waals surface area contributed by atoms with E-state index in [-0.39, 0.29) is 4.90 Å². The van der Waals surface area contributed by atoms with Crippen molar-refractivity contribution in [3.05, 3.63) is 22.7 Å². The Morgan fingerprint density at radius 1 is 1.38 bits per heavy atom. The molecule has 1 aromatic rings. The predicted octanol–water partition coefficient (Wildman–Crippen LogP) is -0.349. The topological polar surface area (TPSA) is 69.1 Å².